The van der Waals surface area contributed by atoms with Crippen molar-refractivity contribution in [3.8, 4) is 0 Å². The molecular formula is C18H25N3O2S2. The number of anilines is 1. The van der Waals surface area contributed by atoms with Gasteiger partial charge in [0.25, 0.3) is 0 Å². The first-order valence-corrected chi connectivity index (χ1v) is 9.94. The van der Waals surface area contributed by atoms with E-state index in [4.69, 9.17) is 12.2 Å². The second kappa shape index (κ2) is 9.77. The second-order valence-electron chi connectivity index (χ2n) is 6.06. The van der Waals surface area contributed by atoms with Crippen molar-refractivity contribution in [2.45, 2.75) is 26.2 Å². The zero-order valence-corrected chi connectivity index (χ0v) is 16.4. The summed E-state index contributed by atoms with van der Waals surface area (Å²) in [6, 6.07) is 7.70. The van der Waals surface area contributed by atoms with Gasteiger partial charge in [0.15, 0.2) is 0 Å². The average molecular weight is 380 g/mol. The molecule has 0 bridgehead atoms. The molecule has 0 saturated carbocycles. The number of likely N-dealkylation sites (N-methyl/N-ethyl adjacent to an activating group) is 1. The van der Waals surface area contributed by atoms with Crippen LogP contribution in [-0.4, -0.2) is 58.4 Å². The fourth-order valence-corrected chi connectivity index (χ4v) is 3.86. The molecule has 1 aliphatic heterocycles. The molecule has 1 fully saturated rings. The van der Waals surface area contributed by atoms with Gasteiger partial charge in [0.05, 0.1) is 12.3 Å². The zero-order valence-electron chi connectivity index (χ0n) is 14.8. The number of nitrogens with one attached hydrogen (secondary N) is 1. The van der Waals surface area contributed by atoms with Crippen LogP contribution in [0, 0.1) is 0 Å². The van der Waals surface area contributed by atoms with Crippen LogP contribution in [0.5, 0.6) is 0 Å². The van der Waals surface area contributed by atoms with Crippen LogP contribution in [0.3, 0.4) is 0 Å². The van der Waals surface area contributed by atoms with Crippen molar-refractivity contribution >= 4 is 45.8 Å². The number of rotatable bonds is 6. The van der Waals surface area contributed by atoms with Crippen LogP contribution < -0.4 is 5.32 Å². The fraction of sp³-hybridized carbons (Fsp3) is 0.500. The van der Waals surface area contributed by atoms with Crippen LogP contribution in [0.4, 0.5) is 5.69 Å². The number of benzene rings is 1. The smallest absolute Gasteiger partial charge is 0.243 e. The quantitative estimate of drug-likeness (QED) is 0.771. The van der Waals surface area contributed by atoms with Crippen LogP contribution in [0.2, 0.25) is 0 Å². The number of carbonyl (C=O) groups excluding carboxylic acids is 2. The Morgan fingerprint density at radius 1 is 1.28 bits per heavy atom. The molecule has 0 aromatic heterocycles. The van der Waals surface area contributed by atoms with E-state index in [0.29, 0.717) is 0 Å². The van der Waals surface area contributed by atoms with Gasteiger partial charge in [-0.2, -0.15) is 0 Å². The first kappa shape index (κ1) is 19.7. The van der Waals surface area contributed by atoms with Gasteiger partial charge < -0.3 is 15.1 Å². The standard InChI is InChI=1S/C18H25N3O2S2/c1-3-14-8-4-5-9-15(14)19-16(22)12-20(2)17(23)13-25-18(24)21-10-6-7-11-21/h4-5,8-9H,3,6-7,10-13H2,1-2H3,(H,19,22). The number of likely N-dealkylation sites (tertiary alicyclic amines) is 1. The molecule has 0 aliphatic carbocycles. The summed E-state index contributed by atoms with van der Waals surface area (Å²) < 4.78 is 0.778. The summed E-state index contributed by atoms with van der Waals surface area (Å²) in [6.07, 6.45) is 3.16. The first-order chi connectivity index (χ1) is 12.0. The monoisotopic (exact) mass is 379 g/mol. The van der Waals surface area contributed by atoms with Gasteiger partial charge >= 0.3 is 0 Å². The maximum absolute atomic E-state index is 12.2. The number of hydrogen-bond acceptors (Lipinski definition) is 4. The first-order valence-electron chi connectivity index (χ1n) is 8.54. The second-order valence-corrected chi connectivity index (χ2v) is 7.67. The summed E-state index contributed by atoms with van der Waals surface area (Å²) in [5.74, 6) is -0.0145. The number of thioether (sulfide) groups is 1. The van der Waals surface area contributed by atoms with E-state index in [1.165, 1.54) is 16.7 Å². The Labute approximate surface area is 159 Å². The lowest BCUT2D eigenvalue weighted by Crippen LogP contribution is -2.36. The number of aryl methyl sites for hydroxylation is 1. The molecule has 1 heterocycles. The molecule has 1 aromatic rings. The van der Waals surface area contributed by atoms with Crippen LogP contribution in [0.25, 0.3) is 0 Å². The molecule has 7 heteroatoms. The van der Waals surface area contributed by atoms with Crippen molar-refractivity contribution in [2.24, 2.45) is 0 Å². The highest BCUT2D eigenvalue weighted by Gasteiger charge is 2.18. The lowest BCUT2D eigenvalue weighted by molar-refractivity contribution is -0.131. The molecule has 136 valence electrons. The summed E-state index contributed by atoms with van der Waals surface area (Å²) in [4.78, 5) is 28.0. The zero-order chi connectivity index (χ0) is 18.2. The van der Waals surface area contributed by atoms with E-state index in [9.17, 15) is 9.59 Å². The molecule has 25 heavy (non-hydrogen) atoms. The van der Waals surface area contributed by atoms with E-state index in [0.717, 1.165) is 47.9 Å². The number of amides is 2. The normalized spacial score (nSPS) is 13.6. The van der Waals surface area contributed by atoms with Crippen molar-refractivity contribution in [1.82, 2.24) is 9.80 Å². The maximum atomic E-state index is 12.2. The Morgan fingerprint density at radius 3 is 2.64 bits per heavy atom. The third kappa shape index (κ3) is 6.01. The predicted molar refractivity (Wildman–Crippen MR) is 108 cm³/mol. The Hall–Kier alpha value is -1.60. The van der Waals surface area contributed by atoms with E-state index < -0.39 is 0 Å². The lowest BCUT2D eigenvalue weighted by atomic mass is 10.1. The van der Waals surface area contributed by atoms with Gasteiger partial charge in [-0.15, -0.1) is 0 Å². The molecule has 0 atom stereocenters. The minimum Gasteiger partial charge on any atom is -0.358 e. The molecule has 2 rings (SSSR count). The van der Waals surface area contributed by atoms with Crippen molar-refractivity contribution < 1.29 is 9.59 Å². The van der Waals surface area contributed by atoms with E-state index in [2.05, 4.69) is 10.2 Å². The highest BCUT2D eigenvalue weighted by molar-refractivity contribution is 8.23. The number of hydrogen-bond donors (Lipinski definition) is 1. The lowest BCUT2D eigenvalue weighted by Gasteiger charge is -2.20. The maximum Gasteiger partial charge on any atom is 0.243 e. The van der Waals surface area contributed by atoms with Gasteiger partial charge in [-0.1, -0.05) is 49.1 Å². The highest BCUT2D eigenvalue weighted by Crippen LogP contribution is 2.17. The van der Waals surface area contributed by atoms with Crippen LogP contribution in [0.15, 0.2) is 24.3 Å². The van der Waals surface area contributed by atoms with E-state index in [1.807, 2.05) is 31.2 Å². The highest BCUT2D eigenvalue weighted by atomic mass is 32.2. The van der Waals surface area contributed by atoms with Crippen LogP contribution >= 0.6 is 24.0 Å². The average Bonchev–Trinajstić information content (AvgIpc) is 3.14. The number of thiocarbonyl (C=S) groups is 1. The third-order valence-corrected chi connectivity index (χ3v) is 5.67. The van der Waals surface area contributed by atoms with E-state index in [1.54, 1.807) is 7.05 Å². The van der Waals surface area contributed by atoms with Gasteiger partial charge in [0.1, 0.15) is 4.32 Å². The van der Waals surface area contributed by atoms with Gasteiger partial charge in [0.2, 0.25) is 11.8 Å². The largest absolute Gasteiger partial charge is 0.358 e. The van der Waals surface area contributed by atoms with Crippen LogP contribution in [-0.2, 0) is 16.0 Å². The molecule has 1 aliphatic rings. The van der Waals surface area contributed by atoms with Crippen molar-refractivity contribution in [1.29, 1.82) is 0 Å². The van der Waals surface area contributed by atoms with Crippen LogP contribution in [0.1, 0.15) is 25.3 Å². The Balaban J connectivity index is 1.77. The summed E-state index contributed by atoms with van der Waals surface area (Å²) in [7, 11) is 1.65. The Bertz CT molecular complexity index is 631. The third-order valence-electron chi connectivity index (χ3n) is 4.16. The Kier molecular flexibility index (Phi) is 7.71. The van der Waals surface area contributed by atoms with Gasteiger partial charge in [-0.3, -0.25) is 9.59 Å². The van der Waals surface area contributed by atoms with E-state index >= 15 is 0 Å². The summed E-state index contributed by atoms with van der Waals surface area (Å²) >= 11 is 6.74. The van der Waals surface area contributed by atoms with Crippen molar-refractivity contribution in [3.05, 3.63) is 29.8 Å². The molecule has 0 unspecified atom stereocenters. The number of carbonyl (C=O) groups is 2. The SMILES string of the molecule is CCc1ccccc1NC(=O)CN(C)C(=O)CSC(=S)N1CCCC1. The Morgan fingerprint density at radius 2 is 1.96 bits per heavy atom. The topological polar surface area (TPSA) is 52.7 Å². The summed E-state index contributed by atoms with van der Waals surface area (Å²) in [5, 5.41) is 2.88. The minimum atomic E-state index is -0.191. The molecule has 0 spiro atoms. The van der Waals surface area contributed by atoms with Gasteiger partial charge in [-0.05, 0) is 30.9 Å². The number of para-hydroxylation sites is 1. The van der Waals surface area contributed by atoms with Crippen molar-refractivity contribution in [2.75, 3.05) is 37.8 Å². The molecule has 5 nitrogen and oxygen atoms in total. The minimum absolute atomic E-state index is 0.0356. The summed E-state index contributed by atoms with van der Waals surface area (Å²) in [5.41, 5.74) is 1.89. The molecule has 1 N–H and O–H groups in total. The van der Waals surface area contributed by atoms with E-state index in [-0.39, 0.29) is 24.1 Å². The fourth-order valence-electron chi connectivity index (χ4n) is 2.67. The predicted octanol–water partition coefficient (Wildman–Crippen LogP) is 2.76. The van der Waals surface area contributed by atoms with Gasteiger partial charge in [-0.25, -0.2) is 0 Å². The molecule has 2 amide bonds. The molecule has 1 aromatic carbocycles. The van der Waals surface area contributed by atoms with Crippen molar-refractivity contribution in [3.63, 3.8) is 0 Å². The molecular weight excluding hydrogens is 354 g/mol. The molecule has 1 saturated heterocycles. The molecule has 0 radical (unpaired) electrons. The van der Waals surface area contributed by atoms with Gasteiger partial charge in [0, 0.05) is 25.8 Å². The summed E-state index contributed by atoms with van der Waals surface area (Å²) in [6.45, 7) is 4.04. The number of nitrogens with zero attached hydrogens (tertiary/aromatic N) is 2.